The van der Waals surface area contributed by atoms with Gasteiger partial charge in [0.1, 0.15) is 16.6 Å². The van der Waals surface area contributed by atoms with E-state index in [-0.39, 0.29) is 33.7 Å². The van der Waals surface area contributed by atoms with Crippen LogP contribution in [0.4, 0.5) is 11.4 Å². The molecule has 186 valence electrons. The maximum Gasteiger partial charge on any atom is 0.338 e. The zero-order valence-corrected chi connectivity index (χ0v) is 21.3. The van der Waals surface area contributed by atoms with E-state index in [4.69, 9.17) is 33.3 Å². The number of rotatable bonds is 6. The van der Waals surface area contributed by atoms with Gasteiger partial charge in [0, 0.05) is 5.69 Å². The summed E-state index contributed by atoms with van der Waals surface area (Å²) in [5, 5.41) is 22.9. The van der Waals surface area contributed by atoms with E-state index in [1.165, 1.54) is 17.4 Å². The van der Waals surface area contributed by atoms with Gasteiger partial charge in [0.15, 0.2) is 6.61 Å². The van der Waals surface area contributed by atoms with Crippen molar-refractivity contribution >= 4 is 79.4 Å². The summed E-state index contributed by atoms with van der Waals surface area (Å²) in [7, 11) is 0. The quantitative estimate of drug-likeness (QED) is 0.246. The lowest BCUT2D eigenvalue weighted by Crippen LogP contribution is -2.26. The summed E-state index contributed by atoms with van der Waals surface area (Å²) in [6, 6.07) is 18.8. The Balaban J connectivity index is 1.26. The Bertz CT molecular complexity index is 1570. The fraction of sp³-hybridized carbons (Fsp3) is 0.0769. The zero-order valence-electron chi connectivity index (χ0n) is 19.0. The molecule has 1 amide bonds. The van der Waals surface area contributed by atoms with Gasteiger partial charge in [-0.05, 0) is 42.5 Å². The molecule has 37 heavy (non-hydrogen) atoms. The molecule has 1 aliphatic rings. The number of aromatic nitrogens is 1. The maximum atomic E-state index is 12.6. The number of anilines is 2. The lowest BCUT2D eigenvalue weighted by Gasteiger charge is -2.19. The summed E-state index contributed by atoms with van der Waals surface area (Å²) >= 11 is 13.4. The van der Waals surface area contributed by atoms with Gasteiger partial charge in [0.05, 0.1) is 43.6 Å². The summed E-state index contributed by atoms with van der Waals surface area (Å²) in [6.07, 6.45) is 0. The SMILES string of the molecule is N=C1C(c2nc3ccccc3s2)=C(O)CN1c1cccc(C(=O)OCC(=O)Nc2cccc(Cl)c2Cl)c1. The Morgan fingerprint density at radius 3 is 2.70 bits per heavy atom. The molecule has 0 saturated carbocycles. The molecule has 8 nitrogen and oxygen atoms in total. The highest BCUT2D eigenvalue weighted by Crippen LogP contribution is 2.35. The third-order valence-corrected chi connectivity index (χ3v) is 7.44. The smallest absolute Gasteiger partial charge is 0.338 e. The van der Waals surface area contributed by atoms with Gasteiger partial charge < -0.3 is 20.1 Å². The molecule has 0 spiro atoms. The molecule has 11 heteroatoms. The molecule has 0 saturated heterocycles. The van der Waals surface area contributed by atoms with Crippen LogP contribution in [0.15, 0.2) is 72.5 Å². The molecular weight excluding hydrogens is 535 g/mol. The van der Waals surface area contributed by atoms with E-state index in [9.17, 15) is 14.7 Å². The zero-order chi connectivity index (χ0) is 26.1. The van der Waals surface area contributed by atoms with Crippen LogP contribution in [0.25, 0.3) is 15.8 Å². The molecule has 0 radical (unpaired) electrons. The Morgan fingerprint density at radius 1 is 1.11 bits per heavy atom. The topological polar surface area (TPSA) is 116 Å². The minimum Gasteiger partial charge on any atom is -0.510 e. The third-order valence-electron chi connectivity index (χ3n) is 5.56. The van der Waals surface area contributed by atoms with Crippen LogP contribution in [0.2, 0.25) is 10.0 Å². The van der Waals surface area contributed by atoms with Crippen molar-refractivity contribution in [2.24, 2.45) is 0 Å². The second-order valence-corrected chi connectivity index (χ2v) is 9.84. The number of aliphatic hydroxyl groups is 1. The monoisotopic (exact) mass is 552 g/mol. The second kappa shape index (κ2) is 10.2. The molecule has 3 N–H and O–H groups in total. The molecule has 0 bridgehead atoms. The average Bonchev–Trinajstić information content (AvgIpc) is 3.45. The van der Waals surface area contributed by atoms with Crippen LogP contribution in [-0.2, 0) is 9.53 Å². The fourth-order valence-electron chi connectivity index (χ4n) is 3.81. The summed E-state index contributed by atoms with van der Waals surface area (Å²) in [5.41, 5.74) is 2.15. The number of halogens is 2. The van der Waals surface area contributed by atoms with Crippen LogP contribution in [0.3, 0.4) is 0 Å². The molecule has 5 rings (SSSR count). The minimum absolute atomic E-state index is 0.0217. The van der Waals surface area contributed by atoms with Gasteiger partial charge in [0.2, 0.25) is 0 Å². The van der Waals surface area contributed by atoms with Crippen LogP contribution in [-0.4, -0.2) is 41.0 Å². The van der Waals surface area contributed by atoms with Crippen LogP contribution >= 0.6 is 34.5 Å². The van der Waals surface area contributed by atoms with E-state index in [0.717, 1.165) is 10.2 Å². The molecular formula is C26H18Cl2N4O4S. The van der Waals surface area contributed by atoms with Crippen molar-refractivity contribution in [2.75, 3.05) is 23.4 Å². The van der Waals surface area contributed by atoms with Crippen molar-refractivity contribution in [3.05, 3.63) is 93.1 Å². The predicted molar refractivity (Wildman–Crippen MR) is 146 cm³/mol. The number of para-hydroxylation sites is 1. The second-order valence-electron chi connectivity index (χ2n) is 8.02. The number of ether oxygens (including phenoxy) is 1. The lowest BCUT2D eigenvalue weighted by atomic mass is 10.2. The number of aliphatic hydroxyl groups excluding tert-OH is 1. The largest absolute Gasteiger partial charge is 0.510 e. The van der Waals surface area contributed by atoms with E-state index in [0.29, 0.717) is 22.0 Å². The summed E-state index contributed by atoms with van der Waals surface area (Å²) in [5.74, 6) is -1.21. The first kappa shape index (κ1) is 24.8. The summed E-state index contributed by atoms with van der Waals surface area (Å²) in [4.78, 5) is 31.0. The van der Waals surface area contributed by atoms with E-state index >= 15 is 0 Å². The molecule has 1 aromatic heterocycles. The molecule has 0 unspecified atom stereocenters. The Morgan fingerprint density at radius 2 is 1.89 bits per heavy atom. The van der Waals surface area contributed by atoms with Crippen LogP contribution in [0, 0.1) is 5.41 Å². The maximum absolute atomic E-state index is 12.6. The number of benzene rings is 3. The third kappa shape index (κ3) is 5.01. The number of thiazole rings is 1. The first-order chi connectivity index (χ1) is 17.8. The van der Waals surface area contributed by atoms with E-state index in [2.05, 4.69) is 10.3 Å². The first-order valence-electron chi connectivity index (χ1n) is 11.0. The number of nitrogens with one attached hydrogen (secondary N) is 2. The summed E-state index contributed by atoms with van der Waals surface area (Å²) in [6.45, 7) is -0.471. The Hall–Kier alpha value is -3.92. The van der Waals surface area contributed by atoms with Crippen LogP contribution in [0.1, 0.15) is 15.4 Å². The lowest BCUT2D eigenvalue weighted by molar-refractivity contribution is -0.119. The normalized spacial score (nSPS) is 13.4. The molecule has 2 heterocycles. The van der Waals surface area contributed by atoms with Crippen molar-refractivity contribution in [3.63, 3.8) is 0 Å². The van der Waals surface area contributed by atoms with Gasteiger partial charge in [-0.3, -0.25) is 10.2 Å². The van der Waals surface area contributed by atoms with Crippen molar-refractivity contribution in [3.8, 4) is 0 Å². The van der Waals surface area contributed by atoms with E-state index in [1.54, 1.807) is 41.3 Å². The Kier molecular flexibility index (Phi) is 6.84. The van der Waals surface area contributed by atoms with Gasteiger partial charge in [-0.2, -0.15) is 0 Å². The van der Waals surface area contributed by atoms with Crippen molar-refractivity contribution in [1.82, 2.24) is 4.98 Å². The van der Waals surface area contributed by atoms with Gasteiger partial charge in [-0.15, -0.1) is 11.3 Å². The highest BCUT2D eigenvalue weighted by Gasteiger charge is 2.31. The number of nitrogens with zero attached hydrogens (tertiary/aromatic N) is 2. The molecule has 3 aromatic carbocycles. The van der Waals surface area contributed by atoms with Crippen molar-refractivity contribution in [1.29, 1.82) is 5.41 Å². The molecule has 1 aliphatic heterocycles. The predicted octanol–water partition coefficient (Wildman–Crippen LogP) is 6.17. The number of carbonyl (C=O) groups is 2. The van der Waals surface area contributed by atoms with Gasteiger partial charge in [-0.1, -0.05) is 47.5 Å². The van der Waals surface area contributed by atoms with Crippen molar-refractivity contribution < 1.29 is 19.4 Å². The highest BCUT2D eigenvalue weighted by molar-refractivity contribution is 7.19. The van der Waals surface area contributed by atoms with E-state index < -0.39 is 18.5 Å². The first-order valence-corrected chi connectivity index (χ1v) is 12.5. The average molecular weight is 553 g/mol. The number of amidine groups is 1. The Labute approximate surface area is 225 Å². The molecule has 4 aromatic rings. The summed E-state index contributed by atoms with van der Waals surface area (Å²) < 4.78 is 6.11. The van der Waals surface area contributed by atoms with Gasteiger partial charge >= 0.3 is 5.97 Å². The highest BCUT2D eigenvalue weighted by atomic mass is 35.5. The fourth-order valence-corrected chi connectivity index (χ4v) is 5.19. The molecule has 0 fully saturated rings. The van der Waals surface area contributed by atoms with Gasteiger partial charge in [-0.25, -0.2) is 9.78 Å². The van der Waals surface area contributed by atoms with E-state index in [1.807, 2.05) is 24.3 Å². The number of hydrogen-bond acceptors (Lipinski definition) is 7. The van der Waals surface area contributed by atoms with Crippen LogP contribution < -0.4 is 10.2 Å². The van der Waals surface area contributed by atoms with Crippen LogP contribution in [0.5, 0.6) is 0 Å². The molecule has 0 aliphatic carbocycles. The number of amides is 1. The number of fused-ring (bicyclic) bond motifs is 1. The number of hydrogen-bond donors (Lipinski definition) is 3. The molecule has 0 atom stereocenters. The number of esters is 1. The van der Waals surface area contributed by atoms with Crippen molar-refractivity contribution in [2.45, 2.75) is 0 Å². The minimum atomic E-state index is -0.719. The standard InChI is InChI=1S/C26H18Cl2N4O4S/c27-16-7-4-9-18(23(16)28)30-21(34)13-36-26(35)14-5-3-6-15(11-14)32-12-19(33)22(24(32)29)25-31-17-8-1-2-10-20(17)37-25/h1-11,29,33H,12-13H2,(H,30,34). The van der Waals surface area contributed by atoms with Gasteiger partial charge in [0.25, 0.3) is 5.91 Å². The number of carbonyl (C=O) groups excluding carboxylic acids is 2.